The number of halogens is 2. The molecule has 0 unspecified atom stereocenters. The van der Waals surface area contributed by atoms with Crippen LogP contribution in [-0.2, 0) is 60.6 Å². The number of carbonyl (C=O) groups excluding carboxylic acids is 8. The van der Waals surface area contributed by atoms with Crippen LogP contribution in [-0.4, -0.2) is 131 Å². The number of fused-ring (bicyclic) bond motifs is 5. The molecule has 0 spiro atoms. The molecule has 9 atom stereocenters. The predicted molar refractivity (Wildman–Crippen MR) is 313 cm³/mol. The van der Waals surface area contributed by atoms with E-state index in [9.17, 15) is 43.5 Å². The Kier molecular flexibility index (Phi) is 22.6. The molecule has 0 aliphatic carbocycles. The molecule has 6 N–H and O–H groups in total. The second kappa shape index (κ2) is 28.4. The van der Waals surface area contributed by atoms with Gasteiger partial charge in [0.2, 0.25) is 11.8 Å². The zero-order chi connectivity index (χ0) is 59.5. The molecule has 22 heteroatoms. The molecule has 4 aliphatic heterocycles. The lowest BCUT2D eigenvalue weighted by Gasteiger charge is -2.41. The smallest absolute Gasteiger partial charge is 0.412 e. The number of esters is 1. The zero-order valence-corrected chi connectivity index (χ0v) is 50.4. The third kappa shape index (κ3) is 17.1. The van der Waals surface area contributed by atoms with Gasteiger partial charge in [0.15, 0.2) is 5.78 Å². The van der Waals surface area contributed by atoms with E-state index in [1.165, 1.54) is 29.1 Å². The van der Waals surface area contributed by atoms with Crippen molar-refractivity contribution in [3.8, 4) is 0 Å². The number of nitrogens with one attached hydrogen (secondary N) is 3. The number of primary amides is 1. The maximum absolute atomic E-state index is 14.4. The van der Waals surface area contributed by atoms with Gasteiger partial charge in [0.25, 0.3) is 11.8 Å². The van der Waals surface area contributed by atoms with E-state index in [1.54, 1.807) is 44.3 Å². The Balaban J connectivity index is 1.15. The molecule has 4 aliphatic rings. The number of carbonyl (C=O) groups is 8. The van der Waals surface area contributed by atoms with E-state index >= 15 is 0 Å². The van der Waals surface area contributed by atoms with Crippen LogP contribution >= 0.6 is 39.7 Å². The summed E-state index contributed by atoms with van der Waals surface area (Å²) in [5.41, 5.74) is 6.27. The van der Waals surface area contributed by atoms with Gasteiger partial charge in [-0.1, -0.05) is 103 Å². The maximum atomic E-state index is 14.4. The number of nitrogens with zero attached hydrogens (tertiary/aromatic N) is 2. The van der Waals surface area contributed by atoms with Crippen LogP contribution in [0.15, 0.2) is 70.8 Å². The molecule has 0 aromatic heterocycles. The first-order valence-electron chi connectivity index (χ1n) is 27.4. The Morgan fingerprint density at radius 1 is 1.04 bits per heavy atom. The highest BCUT2D eigenvalue weighted by Crippen LogP contribution is 2.50. The first-order valence-corrected chi connectivity index (χ1v) is 29.0. The molecule has 19 nitrogen and oxygen atoms in total. The van der Waals surface area contributed by atoms with Gasteiger partial charge in [0, 0.05) is 74.2 Å². The number of benzene rings is 2. The van der Waals surface area contributed by atoms with Crippen LogP contribution in [0.2, 0.25) is 5.02 Å². The van der Waals surface area contributed by atoms with Gasteiger partial charge in [-0.3, -0.25) is 39.0 Å². The van der Waals surface area contributed by atoms with Gasteiger partial charge >= 0.3 is 18.1 Å². The van der Waals surface area contributed by atoms with Gasteiger partial charge in [-0.25, -0.2) is 9.59 Å². The van der Waals surface area contributed by atoms with Gasteiger partial charge in [-0.15, -0.1) is 0 Å². The Labute approximate surface area is 492 Å². The fourth-order valence-corrected chi connectivity index (χ4v) is 11.8. The zero-order valence-electron chi connectivity index (χ0n) is 47.3. The average Bonchev–Trinajstić information content (AvgIpc) is 3.38. The second-order valence-electron chi connectivity index (χ2n) is 22.3. The van der Waals surface area contributed by atoms with Crippen molar-refractivity contribution in [1.29, 1.82) is 0 Å². The molecule has 2 saturated heterocycles. The number of methoxy groups -OCH3 is 1. The number of hydrogen-bond acceptors (Lipinski definition) is 14. The van der Waals surface area contributed by atoms with Crippen LogP contribution in [0, 0.1) is 24.7 Å². The highest BCUT2D eigenvalue weighted by molar-refractivity contribution is 9.10. The molecule has 2 aromatic carbocycles. The Morgan fingerprint density at radius 2 is 1.75 bits per heavy atom. The van der Waals surface area contributed by atoms with Crippen LogP contribution < -0.4 is 26.6 Å². The number of aliphatic hydroxyl groups is 1. The summed E-state index contributed by atoms with van der Waals surface area (Å²) in [6.45, 7) is 11.6. The number of Topliss-reactive ketones (excluding diaryl/α,β-unsaturated/α-hetero) is 1. The number of ketones is 1. The van der Waals surface area contributed by atoms with Crippen molar-refractivity contribution in [2.45, 2.75) is 160 Å². The van der Waals surface area contributed by atoms with Crippen molar-refractivity contribution in [2.24, 2.45) is 23.5 Å². The molecule has 7 amide bonds. The Morgan fingerprint density at radius 3 is 2.42 bits per heavy atom. The van der Waals surface area contributed by atoms with Crippen molar-refractivity contribution in [1.82, 2.24) is 15.5 Å². The highest BCUT2D eigenvalue weighted by Gasteiger charge is 2.64. The number of ether oxygens (including phenoxy) is 4. The number of aryl methyl sites for hydroxylation is 1. The fourth-order valence-electron chi connectivity index (χ4n) is 10.8. The minimum atomic E-state index is -1.62. The number of allylic oxidation sites excluding steroid dienone is 3. The molecule has 0 radical (unpaired) electrons. The van der Waals surface area contributed by atoms with Crippen LogP contribution in [0.4, 0.5) is 21.0 Å². The largest absolute Gasteiger partial charge is 0.462 e. The lowest BCUT2D eigenvalue weighted by atomic mass is 9.78. The number of urea groups is 1. The van der Waals surface area contributed by atoms with Crippen molar-refractivity contribution in [3.63, 3.8) is 0 Å². The number of unbranched alkanes of at least 4 members (excludes halogenated alkanes) is 2. The van der Waals surface area contributed by atoms with Gasteiger partial charge in [-0.2, -0.15) is 0 Å². The van der Waals surface area contributed by atoms with E-state index in [2.05, 4.69) is 31.9 Å². The summed E-state index contributed by atoms with van der Waals surface area (Å²) in [5.74, 6) is -3.55. The van der Waals surface area contributed by atoms with Gasteiger partial charge < -0.3 is 45.3 Å². The number of thiocarbonyl (C=S) groups is 1. The number of nitrogens with two attached hydrogens (primary N) is 1. The molecule has 2 aromatic rings. The molecule has 0 saturated carbocycles. The first-order chi connectivity index (χ1) is 38.2. The SMILES string of the molecule is CO[C@@H]1/C=C/C=C(\C)Cc2cc(C)c(Cl)c(c2)N(C)C(=O)C[C@H](OC(=O)Nc2ccc(CC(=O)[C@H](CCCNC(N)=O)NC(=O)[C@@H](CC(=S)CCCCCN3C(=O)C=CC3=O)C(C)C)c(Br)c2)[C@]2(C)O[C@H]2[C@H](C)[C@@H]2C[C@@]1(O)CC(=O)O2. The van der Waals surface area contributed by atoms with Crippen LogP contribution in [0.25, 0.3) is 0 Å². The van der Waals surface area contributed by atoms with Crippen molar-refractivity contribution in [3.05, 3.63) is 92.5 Å². The fraction of sp³-hybridized carbons (Fsp3) is 0.542. The summed E-state index contributed by atoms with van der Waals surface area (Å²) in [5, 5.41) is 20.6. The van der Waals surface area contributed by atoms with Gasteiger partial charge in [0.1, 0.15) is 29.5 Å². The van der Waals surface area contributed by atoms with E-state index in [4.69, 9.17) is 48.5 Å². The third-order valence-corrected chi connectivity index (χ3v) is 17.2. The number of hydrogen-bond donors (Lipinski definition) is 5. The standard InChI is InChI=1S/C59H76BrClN6O13S/c1-33(2)41(29-40(81)15-10-9-11-23-67-49(69)20-21-50(67)70)55(73)65-43(16-13-22-63-56(62)74)45(68)27-38-18-19-39(28-42(38)60)64-57(75)79-48-30-51(71)66(7)44-26-37(25-35(4)53(44)61)24-34(3)14-12-17-47(77-8)59(76)31-46(78-52(72)32-59)36(5)54-58(48,6)80-54/h12,14,17-21,25-26,28,33,36,41,43,46-48,54,76H,9-11,13,15-16,22-24,27,29-32H2,1-8H3,(H,64,75)(H,65,73)(H3,62,63,74)/b17-12+,34-14+/t36-,41+,43+,46+,47-,48+,54+,58+,59-/m1/s1. The quantitative estimate of drug-likeness (QED) is 0.0259. The molecule has 6 rings (SSSR count). The molecule has 4 bridgehead atoms. The van der Waals surface area contributed by atoms with E-state index in [1.807, 2.05) is 52.8 Å². The van der Waals surface area contributed by atoms with Crippen LogP contribution in [0.3, 0.4) is 0 Å². The van der Waals surface area contributed by atoms with Crippen molar-refractivity contribution >= 4 is 103 Å². The van der Waals surface area contributed by atoms with Crippen molar-refractivity contribution in [2.75, 3.05) is 37.5 Å². The molecule has 4 heterocycles. The minimum Gasteiger partial charge on any atom is -0.462 e. The monoisotopic (exact) mass is 1220 g/mol. The van der Waals surface area contributed by atoms with Gasteiger partial charge in [0.05, 0.1) is 35.7 Å². The number of amides is 7. The third-order valence-electron chi connectivity index (χ3n) is 15.6. The molecular weight excluding hydrogens is 1150 g/mol. The molecule has 81 heavy (non-hydrogen) atoms. The highest BCUT2D eigenvalue weighted by atomic mass is 79.9. The molecular formula is C59H76BrClN6O13S. The van der Waals surface area contributed by atoms with Crippen LogP contribution in [0.5, 0.6) is 0 Å². The van der Waals surface area contributed by atoms with Gasteiger partial charge in [-0.05, 0) is 111 Å². The summed E-state index contributed by atoms with van der Waals surface area (Å²) in [7, 11) is 3.06. The Hall–Kier alpha value is -5.84. The van der Waals surface area contributed by atoms with E-state index in [0.717, 1.165) is 23.1 Å². The molecule has 440 valence electrons. The molecule has 2 fully saturated rings. The van der Waals surface area contributed by atoms with E-state index < -0.39 is 77.5 Å². The average molecular weight is 1220 g/mol. The summed E-state index contributed by atoms with van der Waals surface area (Å²) in [6, 6.07) is 6.93. The summed E-state index contributed by atoms with van der Waals surface area (Å²) < 4.78 is 24.5. The summed E-state index contributed by atoms with van der Waals surface area (Å²) in [6.07, 6.45) is 6.63. The van der Waals surface area contributed by atoms with E-state index in [0.29, 0.717) is 70.7 Å². The summed E-state index contributed by atoms with van der Waals surface area (Å²) in [4.78, 5) is 108. The first kappa shape index (κ1) is 64.3. The minimum absolute atomic E-state index is 0.0189. The van der Waals surface area contributed by atoms with E-state index in [-0.39, 0.29) is 73.8 Å². The number of epoxide rings is 1. The van der Waals surface area contributed by atoms with Crippen molar-refractivity contribution < 1.29 is 62.4 Å². The lowest BCUT2D eigenvalue weighted by molar-refractivity contribution is -0.187. The maximum Gasteiger partial charge on any atom is 0.412 e. The normalized spacial score (nSPS) is 25.7. The lowest BCUT2D eigenvalue weighted by Crippen LogP contribution is -2.53. The summed E-state index contributed by atoms with van der Waals surface area (Å²) >= 11 is 16.1. The number of rotatable bonds is 21. The second-order valence-corrected chi connectivity index (χ2v) is 24.1. The Bertz CT molecular complexity index is 2830. The number of anilines is 2. The van der Waals surface area contributed by atoms with Crippen LogP contribution in [0.1, 0.15) is 116 Å². The number of imide groups is 1. The predicted octanol–water partition coefficient (Wildman–Crippen LogP) is 8.25. The topological polar surface area (TPSA) is 266 Å².